The van der Waals surface area contributed by atoms with Crippen LogP contribution in [0.3, 0.4) is 0 Å². The fourth-order valence-electron chi connectivity index (χ4n) is 2.64. The molecule has 0 aliphatic carbocycles. The maximum Gasteiger partial charge on any atom is 0.202 e. The van der Waals surface area contributed by atoms with Crippen LogP contribution in [0.25, 0.3) is 5.82 Å². The van der Waals surface area contributed by atoms with E-state index >= 15 is 0 Å². The zero-order valence-corrected chi connectivity index (χ0v) is 15.3. The molecule has 0 saturated carbocycles. The molecule has 5 nitrogen and oxygen atoms in total. The van der Waals surface area contributed by atoms with E-state index in [-0.39, 0.29) is 12.4 Å². The SMILES string of the molecule is Cc1cc(-n2c(C)cc(C(=O)COc3ccccc3Br)c2C)no1. The average molecular weight is 389 g/mol. The van der Waals surface area contributed by atoms with Crippen molar-refractivity contribution in [3.63, 3.8) is 0 Å². The molecule has 1 aromatic carbocycles. The van der Waals surface area contributed by atoms with E-state index in [9.17, 15) is 4.79 Å². The molecule has 24 heavy (non-hydrogen) atoms. The van der Waals surface area contributed by atoms with Gasteiger partial charge < -0.3 is 9.26 Å². The second kappa shape index (κ2) is 6.65. The number of Topliss-reactive ketones (excluding diaryl/α,β-unsaturated/α-hetero) is 1. The van der Waals surface area contributed by atoms with Gasteiger partial charge in [0.1, 0.15) is 11.5 Å². The summed E-state index contributed by atoms with van der Waals surface area (Å²) >= 11 is 3.41. The zero-order valence-electron chi connectivity index (χ0n) is 13.7. The minimum atomic E-state index is -0.0784. The van der Waals surface area contributed by atoms with Gasteiger partial charge in [-0.25, -0.2) is 0 Å². The Kier molecular flexibility index (Phi) is 4.57. The van der Waals surface area contributed by atoms with Gasteiger partial charge in [0.25, 0.3) is 0 Å². The second-order valence-corrected chi connectivity index (χ2v) is 6.41. The molecule has 0 spiro atoms. The first-order valence-electron chi connectivity index (χ1n) is 7.50. The van der Waals surface area contributed by atoms with Gasteiger partial charge in [-0.2, -0.15) is 0 Å². The highest BCUT2D eigenvalue weighted by Crippen LogP contribution is 2.25. The molecule has 0 bridgehead atoms. The summed E-state index contributed by atoms with van der Waals surface area (Å²) in [7, 11) is 0. The molecule has 2 aromatic heterocycles. The lowest BCUT2D eigenvalue weighted by Gasteiger charge is -2.08. The van der Waals surface area contributed by atoms with Gasteiger partial charge in [-0.3, -0.25) is 9.36 Å². The third-order valence-electron chi connectivity index (χ3n) is 3.77. The number of hydrogen-bond acceptors (Lipinski definition) is 4. The van der Waals surface area contributed by atoms with Gasteiger partial charge in [-0.1, -0.05) is 17.3 Å². The minimum absolute atomic E-state index is 0.0231. The van der Waals surface area contributed by atoms with Crippen molar-refractivity contribution in [3.8, 4) is 11.6 Å². The second-order valence-electron chi connectivity index (χ2n) is 5.56. The largest absolute Gasteiger partial charge is 0.484 e. The molecule has 3 rings (SSSR count). The van der Waals surface area contributed by atoms with Crippen LogP contribution >= 0.6 is 15.9 Å². The van der Waals surface area contributed by atoms with Gasteiger partial charge in [0.15, 0.2) is 12.4 Å². The van der Waals surface area contributed by atoms with E-state index in [1.807, 2.05) is 61.7 Å². The molecule has 0 aliphatic heterocycles. The molecule has 0 aliphatic rings. The Bertz CT molecular complexity index is 896. The van der Waals surface area contributed by atoms with Gasteiger partial charge in [-0.15, -0.1) is 0 Å². The van der Waals surface area contributed by atoms with E-state index in [1.54, 1.807) is 0 Å². The summed E-state index contributed by atoms with van der Waals surface area (Å²) in [4.78, 5) is 12.6. The summed E-state index contributed by atoms with van der Waals surface area (Å²) in [5, 5.41) is 4.02. The number of ether oxygens (including phenoxy) is 1. The van der Waals surface area contributed by atoms with Crippen molar-refractivity contribution >= 4 is 21.7 Å². The Hall–Kier alpha value is -2.34. The highest BCUT2D eigenvalue weighted by Gasteiger charge is 2.19. The summed E-state index contributed by atoms with van der Waals surface area (Å²) in [6.07, 6.45) is 0. The number of nitrogens with zero attached hydrogens (tertiary/aromatic N) is 2. The monoisotopic (exact) mass is 388 g/mol. The van der Waals surface area contributed by atoms with Crippen LogP contribution in [0, 0.1) is 20.8 Å². The number of para-hydroxylation sites is 1. The third-order valence-corrected chi connectivity index (χ3v) is 4.43. The standard InChI is InChI=1S/C18H17BrN2O3/c1-11-8-14(13(3)21(11)18-9-12(2)24-20-18)16(22)10-23-17-7-5-4-6-15(17)19/h4-9H,10H2,1-3H3. The summed E-state index contributed by atoms with van der Waals surface area (Å²) < 4.78 is 13.5. The summed E-state index contributed by atoms with van der Waals surface area (Å²) in [5.41, 5.74) is 2.37. The normalized spacial score (nSPS) is 10.8. The van der Waals surface area contributed by atoms with Crippen LogP contribution < -0.4 is 4.74 Å². The van der Waals surface area contributed by atoms with Gasteiger partial charge in [0, 0.05) is 23.0 Å². The van der Waals surface area contributed by atoms with Gasteiger partial charge in [-0.05, 0) is 54.9 Å². The summed E-state index contributed by atoms with van der Waals surface area (Å²) in [6, 6.07) is 11.1. The molecule has 0 radical (unpaired) electrons. The van der Waals surface area contributed by atoms with Gasteiger partial charge >= 0.3 is 0 Å². The topological polar surface area (TPSA) is 57.3 Å². The molecule has 0 atom stereocenters. The lowest BCUT2D eigenvalue weighted by molar-refractivity contribution is 0.0920. The van der Waals surface area contributed by atoms with Gasteiger partial charge in [0.05, 0.1) is 4.47 Å². The Morgan fingerprint density at radius 1 is 1.25 bits per heavy atom. The van der Waals surface area contributed by atoms with Crippen LogP contribution in [-0.4, -0.2) is 22.1 Å². The Morgan fingerprint density at radius 3 is 2.67 bits per heavy atom. The smallest absolute Gasteiger partial charge is 0.202 e. The van der Waals surface area contributed by atoms with E-state index < -0.39 is 0 Å². The number of rotatable bonds is 5. The lowest BCUT2D eigenvalue weighted by atomic mass is 10.1. The molecular weight excluding hydrogens is 372 g/mol. The Labute approximate surface area is 148 Å². The molecule has 0 saturated heterocycles. The van der Waals surface area contributed by atoms with Crippen molar-refractivity contribution in [1.29, 1.82) is 0 Å². The first-order chi connectivity index (χ1) is 11.5. The molecule has 124 valence electrons. The van der Waals surface area contributed by atoms with E-state index in [0.29, 0.717) is 17.1 Å². The molecule has 3 aromatic rings. The lowest BCUT2D eigenvalue weighted by Crippen LogP contribution is -2.13. The molecule has 0 fully saturated rings. The molecule has 2 heterocycles. The van der Waals surface area contributed by atoms with Crippen molar-refractivity contribution < 1.29 is 14.1 Å². The molecule has 6 heteroatoms. The number of aromatic nitrogens is 2. The molecular formula is C18H17BrN2O3. The fraction of sp³-hybridized carbons (Fsp3) is 0.222. The molecule has 0 N–H and O–H groups in total. The van der Waals surface area contributed by atoms with Crippen molar-refractivity contribution in [3.05, 3.63) is 63.6 Å². The van der Waals surface area contributed by atoms with Crippen LogP contribution in [0.5, 0.6) is 5.75 Å². The minimum Gasteiger partial charge on any atom is -0.484 e. The number of carbonyl (C=O) groups excluding carboxylic acids is 1. The molecule has 0 unspecified atom stereocenters. The first kappa shape index (κ1) is 16.5. The van der Waals surface area contributed by atoms with Crippen molar-refractivity contribution in [2.75, 3.05) is 6.61 Å². The third kappa shape index (κ3) is 3.14. The average Bonchev–Trinajstić information content (AvgIpc) is 3.09. The Balaban J connectivity index is 1.82. The van der Waals surface area contributed by atoms with Crippen LogP contribution in [0.4, 0.5) is 0 Å². The van der Waals surface area contributed by atoms with Crippen LogP contribution in [0.1, 0.15) is 27.5 Å². The van der Waals surface area contributed by atoms with Crippen molar-refractivity contribution in [2.24, 2.45) is 0 Å². The van der Waals surface area contributed by atoms with Crippen LogP contribution in [0.15, 0.2) is 45.4 Å². The summed E-state index contributed by atoms with van der Waals surface area (Å²) in [5.74, 6) is 1.97. The number of aryl methyl sites for hydroxylation is 2. The number of benzene rings is 1. The quantitative estimate of drug-likeness (QED) is 0.607. The van der Waals surface area contributed by atoms with Crippen molar-refractivity contribution in [1.82, 2.24) is 9.72 Å². The highest BCUT2D eigenvalue weighted by molar-refractivity contribution is 9.10. The predicted octanol–water partition coefficient (Wildman–Crippen LogP) is 4.41. The predicted molar refractivity (Wildman–Crippen MR) is 94.0 cm³/mol. The van der Waals surface area contributed by atoms with E-state index in [4.69, 9.17) is 9.26 Å². The van der Waals surface area contributed by atoms with E-state index in [1.165, 1.54) is 0 Å². The fourth-order valence-corrected chi connectivity index (χ4v) is 3.04. The van der Waals surface area contributed by atoms with Crippen molar-refractivity contribution in [2.45, 2.75) is 20.8 Å². The van der Waals surface area contributed by atoms with Crippen LogP contribution in [-0.2, 0) is 0 Å². The first-order valence-corrected chi connectivity index (χ1v) is 8.30. The maximum atomic E-state index is 12.6. The number of ketones is 1. The molecule has 0 amide bonds. The number of carbonyl (C=O) groups is 1. The highest BCUT2D eigenvalue weighted by atomic mass is 79.9. The number of hydrogen-bond donors (Lipinski definition) is 0. The van der Waals surface area contributed by atoms with E-state index in [2.05, 4.69) is 21.1 Å². The zero-order chi connectivity index (χ0) is 17.3. The maximum absolute atomic E-state index is 12.6. The van der Waals surface area contributed by atoms with Crippen LogP contribution in [0.2, 0.25) is 0 Å². The summed E-state index contributed by atoms with van der Waals surface area (Å²) in [6.45, 7) is 5.64. The Morgan fingerprint density at radius 2 is 2.00 bits per heavy atom. The van der Waals surface area contributed by atoms with Gasteiger partial charge in [0.2, 0.25) is 5.78 Å². The number of halogens is 1. The van der Waals surface area contributed by atoms with E-state index in [0.717, 1.165) is 21.6 Å².